The van der Waals surface area contributed by atoms with Gasteiger partial charge < -0.3 is 9.64 Å². The van der Waals surface area contributed by atoms with Crippen LogP contribution in [0.5, 0.6) is 5.75 Å². The number of aryl methyl sites for hydroxylation is 1. The molecule has 1 aromatic heterocycles. The number of fused-ring (bicyclic) bond motifs is 6. The largest absolute Gasteiger partial charge is 0.488 e. The Balaban J connectivity index is 1.50. The first-order valence-corrected chi connectivity index (χ1v) is 8.92. The third-order valence-corrected chi connectivity index (χ3v) is 6.90. The lowest BCUT2D eigenvalue weighted by atomic mass is 9.81. The Morgan fingerprint density at radius 3 is 2.78 bits per heavy atom. The summed E-state index contributed by atoms with van der Waals surface area (Å²) in [6, 6.07) is 0.172. The van der Waals surface area contributed by atoms with Crippen molar-refractivity contribution in [3.05, 3.63) is 23.5 Å². The summed E-state index contributed by atoms with van der Waals surface area (Å²) >= 11 is 0. The van der Waals surface area contributed by atoms with Gasteiger partial charge in [-0.05, 0) is 44.4 Å². The van der Waals surface area contributed by atoms with Gasteiger partial charge >= 0.3 is 0 Å². The van der Waals surface area contributed by atoms with E-state index < -0.39 is 0 Å². The Labute approximate surface area is 137 Å². The van der Waals surface area contributed by atoms with E-state index in [2.05, 4.69) is 16.8 Å². The summed E-state index contributed by atoms with van der Waals surface area (Å²) < 4.78 is 6.16. The van der Waals surface area contributed by atoms with Crippen LogP contribution in [0.4, 0.5) is 0 Å². The number of ether oxygens (including phenoxy) is 1. The highest BCUT2D eigenvalue weighted by atomic mass is 16.5. The van der Waals surface area contributed by atoms with Crippen LogP contribution < -0.4 is 4.74 Å². The highest BCUT2D eigenvalue weighted by Gasteiger charge is 2.58. The molecule has 5 rings (SSSR count). The Bertz CT molecular complexity index is 691. The maximum atomic E-state index is 13.5. The van der Waals surface area contributed by atoms with Crippen molar-refractivity contribution < 1.29 is 9.53 Å². The number of hydrogen-bond acceptors (Lipinski definition) is 3. The van der Waals surface area contributed by atoms with E-state index in [0.717, 1.165) is 49.1 Å². The first-order valence-electron chi connectivity index (χ1n) is 8.92. The molecular formula is C19H24N2O2. The van der Waals surface area contributed by atoms with E-state index in [1.54, 1.807) is 0 Å². The van der Waals surface area contributed by atoms with Crippen LogP contribution in [0.2, 0.25) is 0 Å². The van der Waals surface area contributed by atoms with Gasteiger partial charge in [-0.1, -0.05) is 6.92 Å². The third kappa shape index (κ3) is 1.78. The van der Waals surface area contributed by atoms with Crippen LogP contribution in [0.25, 0.3) is 0 Å². The maximum Gasteiger partial charge on any atom is 0.229 e. The molecule has 0 unspecified atom stereocenters. The van der Waals surface area contributed by atoms with E-state index in [9.17, 15) is 4.79 Å². The minimum atomic E-state index is -0.0797. The summed E-state index contributed by atoms with van der Waals surface area (Å²) in [6.45, 7) is 5.15. The Morgan fingerprint density at radius 2 is 2.09 bits per heavy atom. The normalized spacial score (nSPS) is 40.2. The zero-order chi connectivity index (χ0) is 15.8. The molecule has 2 aliphatic carbocycles. The molecule has 0 N–H and O–H groups in total. The van der Waals surface area contributed by atoms with Gasteiger partial charge in [0.1, 0.15) is 11.9 Å². The molecule has 1 saturated heterocycles. The van der Waals surface area contributed by atoms with E-state index in [-0.39, 0.29) is 17.6 Å². The molecule has 2 saturated carbocycles. The highest BCUT2D eigenvalue weighted by Crippen LogP contribution is 2.62. The summed E-state index contributed by atoms with van der Waals surface area (Å²) in [5.74, 6) is 1.36. The predicted molar refractivity (Wildman–Crippen MR) is 86.1 cm³/mol. The standard InChI is InChI=1S/C19H24N2O2/c1-12-8-20-9-14-15-7-13(23-16(12)14)10-21(15)17(22)19-5-3-18(2,11-19)4-6-19/h8-9,13,15H,3-7,10-11H2,1-2H3/t13-,15-,18?,19?/m0/s1. The van der Waals surface area contributed by atoms with Crippen LogP contribution in [0.3, 0.4) is 0 Å². The van der Waals surface area contributed by atoms with Gasteiger partial charge in [0.15, 0.2) is 0 Å². The average Bonchev–Trinajstić information content (AvgIpc) is 3.18. The molecule has 23 heavy (non-hydrogen) atoms. The Hall–Kier alpha value is -1.58. The summed E-state index contributed by atoms with van der Waals surface area (Å²) in [6.07, 6.45) is 10.5. The minimum absolute atomic E-state index is 0.0797. The number of hydrogen-bond donors (Lipinski definition) is 0. The Kier molecular flexibility index (Phi) is 2.57. The first-order chi connectivity index (χ1) is 11.0. The molecule has 0 radical (unpaired) electrons. The van der Waals surface area contributed by atoms with Crippen molar-refractivity contribution in [1.29, 1.82) is 0 Å². The van der Waals surface area contributed by atoms with Crippen molar-refractivity contribution >= 4 is 5.91 Å². The number of carbonyl (C=O) groups excluding carboxylic acids is 1. The second kappa shape index (κ2) is 4.28. The van der Waals surface area contributed by atoms with Crippen molar-refractivity contribution in [3.8, 4) is 5.75 Å². The molecule has 2 aliphatic heterocycles. The van der Waals surface area contributed by atoms with E-state index in [1.165, 1.54) is 12.8 Å². The van der Waals surface area contributed by atoms with Gasteiger partial charge in [0.25, 0.3) is 0 Å². The van der Waals surface area contributed by atoms with Gasteiger partial charge in [0, 0.05) is 35.4 Å². The number of likely N-dealkylation sites (tertiary alicyclic amines) is 1. The summed E-state index contributed by atoms with van der Waals surface area (Å²) in [5.41, 5.74) is 2.53. The van der Waals surface area contributed by atoms with E-state index >= 15 is 0 Å². The molecule has 0 spiro atoms. The van der Waals surface area contributed by atoms with Crippen LogP contribution in [-0.2, 0) is 4.79 Å². The second-order valence-electron chi connectivity index (χ2n) is 8.59. The third-order valence-electron chi connectivity index (χ3n) is 6.90. The fraction of sp³-hybridized carbons (Fsp3) is 0.684. The molecule has 2 atom stereocenters. The maximum absolute atomic E-state index is 13.5. The molecule has 3 heterocycles. The molecule has 1 amide bonds. The molecule has 4 nitrogen and oxygen atoms in total. The summed E-state index contributed by atoms with van der Waals surface area (Å²) in [4.78, 5) is 19.9. The SMILES string of the molecule is Cc1cncc2c1O[C@H]1C[C@@H]2N(C(=O)C23CCC(C)(CC2)C3)C1. The first kappa shape index (κ1) is 13.8. The van der Waals surface area contributed by atoms with Crippen LogP contribution >= 0.6 is 0 Å². The summed E-state index contributed by atoms with van der Waals surface area (Å²) in [5, 5.41) is 0. The molecule has 4 bridgehead atoms. The van der Waals surface area contributed by atoms with Crippen LogP contribution in [0.1, 0.15) is 62.6 Å². The number of nitrogens with zero attached hydrogens (tertiary/aromatic N) is 2. The fourth-order valence-electron chi connectivity index (χ4n) is 5.64. The monoisotopic (exact) mass is 312 g/mol. The molecule has 1 aromatic rings. The smallest absolute Gasteiger partial charge is 0.229 e. The lowest BCUT2D eigenvalue weighted by Gasteiger charge is -2.34. The van der Waals surface area contributed by atoms with Crippen LogP contribution in [-0.4, -0.2) is 28.4 Å². The van der Waals surface area contributed by atoms with Gasteiger partial charge in [-0.15, -0.1) is 0 Å². The van der Waals surface area contributed by atoms with Gasteiger partial charge in [-0.25, -0.2) is 0 Å². The lowest BCUT2D eigenvalue weighted by Crippen LogP contribution is -2.41. The number of pyridine rings is 1. The predicted octanol–water partition coefficient (Wildman–Crippen LogP) is 3.39. The van der Waals surface area contributed by atoms with Gasteiger partial charge in [0.2, 0.25) is 5.91 Å². The van der Waals surface area contributed by atoms with Gasteiger partial charge in [-0.2, -0.15) is 0 Å². The molecule has 4 heteroatoms. The molecule has 122 valence electrons. The van der Waals surface area contributed by atoms with Crippen molar-refractivity contribution in [2.75, 3.05) is 6.54 Å². The van der Waals surface area contributed by atoms with E-state index in [1.807, 2.05) is 19.3 Å². The molecule has 4 aliphatic rings. The lowest BCUT2D eigenvalue weighted by molar-refractivity contribution is -0.142. The highest BCUT2D eigenvalue weighted by molar-refractivity contribution is 5.85. The number of carbonyl (C=O) groups is 1. The van der Waals surface area contributed by atoms with Crippen molar-refractivity contribution in [1.82, 2.24) is 9.88 Å². The van der Waals surface area contributed by atoms with Gasteiger partial charge in [0.05, 0.1) is 12.6 Å². The topological polar surface area (TPSA) is 42.4 Å². The van der Waals surface area contributed by atoms with Crippen molar-refractivity contribution in [2.45, 2.75) is 64.5 Å². The van der Waals surface area contributed by atoms with Crippen LogP contribution in [0.15, 0.2) is 12.4 Å². The number of rotatable bonds is 1. The molecular weight excluding hydrogens is 288 g/mol. The second-order valence-corrected chi connectivity index (χ2v) is 8.59. The quantitative estimate of drug-likeness (QED) is 0.798. The Morgan fingerprint density at radius 1 is 1.30 bits per heavy atom. The van der Waals surface area contributed by atoms with Crippen molar-refractivity contribution in [3.63, 3.8) is 0 Å². The number of aromatic nitrogens is 1. The number of amides is 1. The zero-order valence-corrected chi connectivity index (χ0v) is 14.0. The summed E-state index contributed by atoms with van der Waals surface area (Å²) in [7, 11) is 0. The molecule has 0 aromatic carbocycles. The van der Waals surface area contributed by atoms with Gasteiger partial charge in [-0.3, -0.25) is 9.78 Å². The minimum Gasteiger partial charge on any atom is -0.488 e. The van der Waals surface area contributed by atoms with E-state index in [0.29, 0.717) is 11.3 Å². The average molecular weight is 312 g/mol. The zero-order valence-electron chi connectivity index (χ0n) is 14.0. The fourth-order valence-corrected chi connectivity index (χ4v) is 5.64. The van der Waals surface area contributed by atoms with Crippen LogP contribution in [0, 0.1) is 17.8 Å². The van der Waals surface area contributed by atoms with Crippen molar-refractivity contribution in [2.24, 2.45) is 10.8 Å². The van der Waals surface area contributed by atoms with E-state index in [4.69, 9.17) is 4.74 Å². The molecule has 3 fully saturated rings.